The molecule has 7 heteroatoms. The second-order valence-corrected chi connectivity index (χ2v) is 8.53. The molecule has 0 unspecified atom stereocenters. The van der Waals surface area contributed by atoms with Crippen LogP contribution in [-0.4, -0.2) is 106 Å². The van der Waals surface area contributed by atoms with Crippen molar-refractivity contribution in [3.8, 4) is 5.75 Å². The van der Waals surface area contributed by atoms with E-state index in [-0.39, 0.29) is 0 Å². The Kier molecular flexibility index (Phi) is 7.47. The molecule has 3 saturated heterocycles. The summed E-state index contributed by atoms with van der Waals surface area (Å²) < 4.78 is 10.9. The zero-order chi connectivity index (χ0) is 20.8. The van der Waals surface area contributed by atoms with Crippen molar-refractivity contribution in [3.05, 3.63) is 24.3 Å². The Morgan fingerprint density at radius 2 is 1.83 bits per heavy atom. The second-order valence-electron chi connectivity index (χ2n) is 8.53. The highest BCUT2D eigenvalue weighted by Gasteiger charge is 2.30. The van der Waals surface area contributed by atoms with E-state index in [1.807, 2.05) is 12.1 Å². The van der Waals surface area contributed by atoms with Gasteiger partial charge in [0, 0.05) is 71.4 Å². The maximum absolute atomic E-state index is 12.8. The van der Waals surface area contributed by atoms with Crippen LogP contribution in [-0.2, 0) is 9.53 Å². The van der Waals surface area contributed by atoms with Crippen LogP contribution in [0.4, 0.5) is 5.69 Å². The Bertz CT molecular complexity index is 687. The smallest absolute Gasteiger partial charge is 0.223 e. The summed E-state index contributed by atoms with van der Waals surface area (Å²) in [6.07, 6.45) is 2.94. The second kappa shape index (κ2) is 10.5. The first-order chi connectivity index (χ1) is 14.7. The van der Waals surface area contributed by atoms with Gasteiger partial charge in [0.05, 0.1) is 26.0 Å². The Hall–Kier alpha value is -1.83. The number of ether oxygens (including phenoxy) is 2. The van der Waals surface area contributed by atoms with Crippen LogP contribution in [0.1, 0.15) is 19.3 Å². The SMILES string of the molecule is COc1ccccc1N1CCN([C@H]2CCCN(C(=O)CCN3CCOCC3)C2)CC1. The van der Waals surface area contributed by atoms with Gasteiger partial charge in [-0.1, -0.05) is 12.1 Å². The molecule has 1 aromatic rings. The van der Waals surface area contributed by atoms with Crippen molar-refractivity contribution in [2.45, 2.75) is 25.3 Å². The van der Waals surface area contributed by atoms with Crippen molar-refractivity contribution in [2.75, 3.05) is 84.1 Å². The minimum atomic E-state index is 0.318. The summed E-state index contributed by atoms with van der Waals surface area (Å²) in [6.45, 7) is 10.2. The summed E-state index contributed by atoms with van der Waals surface area (Å²) >= 11 is 0. The number of benzene rings is 1. The van der Waals surface area contributed by atoms with Crippen molar-refractivity contribution in [1.29, 1.82) is 0 Å². The van der Waals surface area contributed by atoms with Gasteiger partial charge in [-0.25, -0.2) is 0 Å². The predicted octanol–water partition coefficient (Wildman–Crippen LogP) is 1.53. The number of hydrogen-bond acceptors (Lipinski definition) is 6. The molecule has 166 valence electrons. The zero-order valence-corrected chi connectivity index (χ0v) is 18.3. The van der Waals surface area contributed by atoms with Gasteiger partial charge in [0.15, 0.2) is 0 Å². The van der Waals surface area contributed by atoms with E-state index in [0.29, 0.717) is 18.4 Å². The van der Waals surface area contributed by atoms with E-state index in [2.05, 4.69) is 31.7 Å². The molecule has 0 radical (unpaired) electrons. The van der Waals surface area contributed by atoms with Gasteiger partial charge in [-0.15, -0.1) is 0 Å². The van der Waals surface area contributed by atoms with Crippen LogP contribution in [0.2, 0.25) is 0 Å². The first kappa shape index (κ1) is 21.4. The maximum Gasteiger partial charge on any atom is 0.223 e. The number of piperidine rings is 1. The normalized spacial score (nSPS) is 24.1. The van der Waals surface area contributed by atoms with E-state index < -0.39 is 0 Å². The van der Waals surface area contributed by atoms with Crippen LogP contribution in [0.3, 0.4) is 0 Å². The lowest BCUT2D eigenvalue weighted by molar-refractivity contribution is -0.134. The van der Waals surface area contributed by atoms with Gasteiger partial charge in [0.1, 0.15) is 5.75 Å². The molecular weight excluding hydrogens is 380 g/mol. The zero-order valence-electron chi connectivity index (χ0n) is 18.3. The van der Waals surface area contributed by atoms with Crippen LogP contribution >= 0.6 is 0 Å². The molecule has 0 bridgehead atoms. The minimum Gasteiger partial charge on any atom is -0.495 e. The average Bonchev–Trinajstić information content (AvgIpc) is 2.83. The molecular formula is C23H36N4O3. The van der Waals surface area contributed by atoms with Gasteiger partial charge in [-0.05, 0) is 25.0 Å². The van der Waals surface area contributed by atoms with Crippen molar-refractivity contribution < 1.29 is 14.3 Å². The molecule has 3 aliphatic rings. The summed E-state index contributed by atoms with van der Waals surface area (Å²) in [6, 6.07) is 8.76. The monoisotopic (exact) mass is 416 g/mol. The highest BCUT2D eigenvalue weighted by Crippen LogP contribution is 2.29. The third kappa shape index (κ3) is 5.25. The van der Waals surface area contributed by atoms with Crippen molar-refractivity contribution in [3.63, 3.8) is 0 Å². The number of nitrogens with zero attached hydrogens (tertiary/aromatic N) is 4. The first-order valence-corrected chi connectivity index (χ1v) is 11.4. The molecule has 0 spiro atoms. The number of hydrogen-bond donors (Lipinski definition) is 0. The van der Waals surface area contributed by atoms with Gasteiger partial charge >= 0.3 is 0 Å². The minimum absolute atomic E-state index is 0.318. The van der Waals surface area contributed by atoms with E-state index >= 15 is 0 Å². The van der Waals surface area contributed by atoms with Gasteiger partial charge in [-0.3, -0.25) is 14.6 Å². The summed E-state index contributed by atoms with van der Waals surface area (Å²) in [5.74, 6) is 1.26. The Morgan fingerprint density at radius 1 is 1.07 bits per heavy atom. The lowest BCUT2D eigenvalue weighted by Gasteiger charge is -2.44. The molecule has 3 fully saturated rings. The van der Waals surface area contributed by atoms with E-state index in [1.165, 1.54) is 12.1 Å². The maximum atomic E-state index is 12.8. The first-order valence-electron chi connectivity index (χ1n) is 11.4. The summed E-state index contributed by atoms with van der Waals surface area (Å²) in [7, 11) is 1.74. The number of anilines is 1. The van der Waals surface area contributed by atoms with Crippen molar-refractivity contribution in [1.82, 2.24) is 14.7 Å². The molecule has 0 saturated carbocycles. The standard InChI is InChI=1S/C23H36N4O3/c1-29-22-7-3-2-6-21(22)26-13-11-25(12-14-26)20-5-4-9-27(19-20)23(28)8-10-24-15-17-30-18-16-24/h2-3,6-7,20H,4-5,8-19H2,1H3/t20-/m0/s1. The summed E-state index contributed by atoms with van der Waals surface area (Å²) in [5, 5.41) is 0. The molecule has 1 amide bonds. The fourth-order valence-electron chi connectivity index (χ4n) is 4.93. The molecule has 0 aliphatic carbocycles. The lowest BCUT2D eigenvalue weighted by atomic mass is 10.0. The number of amides is 1. The number of likely N-dealkylation sites (tertiary alicyclic amines) is 1. The Morgan fingerprint density at radius 3 is 2.60 bits per heavy atom. The van der Waals surface area contributed by atoms with Gasteiger partial charge in [-0.2, -0.15) is 0 Å². The molecule has 3 aliphatic heterocycles. The largest absolute Gasteiger partial charge is 0.495 e. The summed E-state index contributed by atoms with van der Waals surface area (Å²) in [5.41, 5.74) is 1.18. The molecule has 1 atom stereocenters. The number of morpholine rings is 1. The van der Waals surface area contributed by atoms with E-state index in [9.17, 15) is 4.79 Å². The predicted molar refractivity (Wildman–Crippen MR) is 118 cm³/mol. The van der Waals surface area contributed by atoms with Crippen molar-refractivity contribution in [2.24, 2.45) is 0 Å². The van der Waals surface area contributed by atoms with E-state index in [1.54, 1.807) is 7.11 Å². The van der Waals surface area contributed by atoms with Gasteiger partial charge in [0.25, 0.3) is 0 Å². The van der Waals surface area contributed by atoms with Crippen LogP contribution in [0.25, 0.3) is 0 Å². The molecule has 4 rings (SSSR count). The molecule has 0 aromatic heterocycles. The third-order valence-corrected chi connectivity index (χ3v) is 6.75. The molecule has 3 heterocycles. The fourth-order valence-corrected chi connectivity index (χ4v) is 4.93. The van der Waals surface area contributed by atoms with Crippen molar-refractivity contribution >= 4 is 11.6 Å². The fraction of sp³-hybridized carbons (Fsp3) is 0.696. The molecule has 0 N–H and O–H groups in total. The van der Waals surface area contributed by atoms with Crippen LogP contribution < -0.4 is 9.64 Å². The lowest BCUT2D eigenvalue weighted by Crippen LogP contribution is -2.56. The number of carbonyl (C=O) groups excluding carboxylic acids is 1. The van der Waals surface area contributed by atoms with Crippen LogP contribution in [0, 0.1) is 0 Å². The topological polar surface area (TPSA) is 48.5 Å². The number of methoxy groups -OCH3 is 1. The third-order valence-electron chi connectivity index (χ3n) is 6.75. The molecule has 7 nitrogen and oxygen atoms in total. The number of rotatable bonds is 6. The Balaban J connectivity index is 1.25. The Labute approximate surface area is 180 Å². The highest BCUT2D eigenvalue weighted by molar-refractivity contribution is 5.76. The van der Waals surface area contributed by atoms with Crippen LogP contribution in [0.15, 0.2) is 24.3 Å². The van der Waals surface area contributed by atoms with E-state index in [4.69, 9.17) is 9.47 Å². The number of carbonyl (C=O) groups is 1. The number of para-hydroxylation sites is 2. The van der Waals surface area contributed by atoms with Gasteiger partial charge in [0.2, 0.25) is 5.91 Å². The quantitative estimate of drug-likeness (QED) is 0.701. The van der Waals surface area contributed by atoms with Crippen LogP contribution in [0.5, 0.6) is 5.75 Å². The highest BCUT2D eigenvalue weighted by atomic mass is 16.5. The molecule has 1 aromatic carbocycles. The summed E-state index contributed by atoms with van der Waals surface area (Å²) in [4.78, 5) is 22.3. The molecule has 30 heavy (non-hydrogen) atoms. The van der Waals surface area contributed by atoms with E-state index in [0.717, 1.165) is 84.3 Å². The number of piperazine rings is 1. The average molecular weight is 417 g/mol. The van der Waals surface area contributed by atoms with Gasteiger partial charge < -0.3 is 19.3 Å².